The number of ether oxygens (including phenoxy) is 1. The van der Waals surface area contributed by atoms with Gasteiger partial charge in [-0.3, -0.25) is 9.58 Å². The third kappa shape index (κ3) is 2.40. The number of nitrogens with two attached hydrogens (primary N) is 1. The molecule has 0 spiro atoms. The van der Waals surface area contributed by atoms with E-state index >= 15 is 0 Å². The molecule has 2 aliphatic heterocycles. The molecular weight excluding hydrogens is 264 g/mol. The largest absolute Gasteiger partial charge is 0.373 e. The summed E-state index contributed by atoms with van der Waals surface area (Å²) in [5.74, 6) is 0. The predicted octanol–water partition coefficient (Wildman–Crippen LogP) is 1.42. The van der Waals surface area contributed by atoms with Gasteiger partial charge in [0.15, 0.2) is 0 Å². The summed E-state index contributed by atoms with van der Waals surface area (Å²) >= 11 is 6.22. The number of fused-ring (bicyclic) bond motifs is 1. The first-order valence-corrected chi connectivity index (χ1v) is 7.41. The third-order valence-corrected chi connectivity index (χ3v) is 4.56. The molecule has 5 nitrogen and oxygen atoms in total. The molecule has 3 atom stereocenters. The van der Waals surface area contributed by atoms with Gasteiger partial charge >= 0.3 is 0 Å². The van der Waals surface area contributed by atoms with Crippen LogP contribution in [0.25, 0.3) is 0 Å². The second-order valence-corrected chi connectivity index (χ2v) is 5.79. The fourth-order valence-corrected chi connectivity index (χ4v) is 3.46. The normalized spacial score (nSPS) is 29.4. The minimum atomic E-state index is -0.212. The fourth-order valence-electron chi connectivity index (χ4n) is 3.19. The number of halogens is 1. The quantitative estimate of drug-likeness (QED) is 0.912. The van der Waals surface area contributed by atoms with Crippen molar-refractivity contribution in [1.29, 1.82) is 0 Å². The van der Waals surface area contributed by atoms with Gasteiger partial charge < -0.3 is 10.5 Å². The molecule has 0 amide bonds. The Kier molecular flexibility index (Phi) is 3.80. The predicted molar refractivity (Wildman–Crippen MR) is 74.2 cm³/mol. The summed E-state index contributed by atoms with van der Waals surface area (Å²) < 4.78 is 7.83. The number of nitrogens with zero attached hydrogens (tertiary/aromatic N) is 3. The maximum absolute atomic E-state index is 6.38. The van der Waals surface area contributed by atoms with Gasteiger partial charge in [-0.05, 0) is 26.3 Å². The van der Waals surface area contributed by atoms with Crippen LogP contribution in [0, 0.1) is 0 Å². The van der Waals surface area contributed by atoms with Crippen molar-refractivity contribution in [2.75, 3.05) is 19.7 Å². The van der Waals surface area contributed by atoms with E-state index in [4.69, 9.17) is 22.1 Å². The molecule has 2 N–H and O–H groups in total. The van der Waals surface area contributed by atoms with E-state index < -0.39 is 0 Å². The lowest BCUT2D eigenvalue weighted by Gasteiger charge is -2.37. The Morgan fingerprint density at radius 3 is 3.26 bits per heavy atom. The van der Waals surface area contributed by atoms with Crippen molar-refractivity contribution in [1.82, 2.24) is 14.7 Å². The van der Waals surface area contributed by atoms with Crippen molar-refractivity contribution in [3.8, 4) is 0 Å². The van der Waals surface area contributed by atoms with Crippen LogP contribution in [0.5, 0.6) is 0 Å². The fraction of sp³-hybridized carbons (Fsp3) is 0.769. The molecule has 6 heteroatoms. The summed E-state index contributed by atoms with van der Waals surface area (Å²) in [5, 5.41) is 4.89. The Morgan fingerprint density at radius 2 is 2.47 bits per heavy atom. The van der Waals surface area contributed by atoms with E-state index in [1.807, 2.05) is 11.6 Å². The number of morpholine rings is 1. The first kappa shape index (κ1) is 13.4. The molecule has 1 aromatic heterocycles. The monoisotopic (exact) mass is 284 g/mol. The van der Waals surface area contributed by atoms with Crippen molar-refractivity contribution in [3.05, 3.63) is 16.9 Å². The molecule has 19 heavy (non-hydrogen) atoms. The van der Waals surface area contributed by atoms with E-state index in [1.165, 1.54) is 12.8 Å². The van der Waals surface area contributed by atoms with Crippen LogP contribution < -0.4 is 5.73 Å². The molecule has 1 aromatic rings. The maximum atomic E-state index is 6.38. The lowest BCUT2D eigenvalue weighted by Crippen LogP contribution is -2.50. The van der Waals surface area contributed by atoms with Gasteiger partial charge in [0.25, 0.3) is 0 Å². The van der Waals surface area contributed by atoms with Gasteiger partial charge in [0.1, 0.15) is 0 Å². The van der Waals surface area contributed by atoms with Gasteiger partial charge in [-0.2, -0.15) is 5.10 Å². The molecule has 0 aliphatic carbocycles. The minimum absolute atomic E-state index is 0.00819. The zero-order valence-corrected chi connectivity index (χ0v) is 12.0. The van der Waals surface area contributed by atoms with E-state index in [-0.39, 0.29) is 12.1 Å². The topological polar surface area (TPSA) is 56.3 Å². The number of aryl methyl sites for hydroxylation is 1. The van der Waals surface area contributed by atoms with Crippen LogP contribution in [0.2, 0.25) is 5.02 Å². The second kappa shape index (κ2) is 5.40. The van der Waals surface area contributed by atoms with Crippen LogP contribution in [0.15, 0.2) is 6.20 Å². The van der Waals surface area contributed by atoms with E-state index in [1.54, 1.807) is 6.20 Å². The average molecular weight is 285 g/mol. The lowest BCUT2D eigenvalue weighted by atomic mass is 10.1. The van der Waals surface area contributed by atoms with Crippen molar-refractivity contribution >= 4 is 11.6 Å². The summed E-state index contributed by atoms with van der Waals surface area (Å²) in [4.78, 5) is 2.49. The highest BCUT2D eigenvalue weighted by Crippen LogP contribution is 2.30. The molecule has 0 aromatic carbocycles. The first-order valence-electron chi connectivity index (χ1n) is 7.03. The highest BCUT2D eigenvalue weighted by atomic mass is 35.5. The standard InChI is InChI=1S/C13H21ClN4O/c1-2-18-13(10(14)6-16-18)12(15)11-7-17-5-3-4-9(17)8-19-11/h6,9,11-12H,2-5,7-8,15H2,1H3. The van der Waals surface area contributed by atoms with E-state index in [0.29, 0.717) is 11.1 Å². The summed E-state index contributed by atoms with van der Waals surface area (Å²) in [6.45, 7) is 5.66. The molecular formula is C13H21ClN4O. The van der Waals surface area contributed by atoms with Gasteiger partial charge in [0.05, 0.1) is 35.7 Å². The lowest BCUT2D eigenvalue weighted by molar-refractivity contribution is -0.0607. The van der Waals surface area contributed by atoms with Crippen molar-refractivity contribution in [2.45, 2.75) is 44.5 Å². The van der Waals surface area contributed by atoms with Crippen LogP contribution in [-0.4, -0.2) is 46.5 Å². The van der Waals surface area contributed by atoms with Gasteiger partial charge in [0, 0.05) is 19.1 Å². The van der Waals surface area contributed by atoms with Crippen molar-refractivity contribution < 1.29 is 4.74 Å². The van der Waals surface area contributed by atoms with Crippen molar-refractivity contribution in [2.24, 2.45) is 5.73 Å². The first-order chi connectivity index (χ1) is 9.20. The molecule has 2 saturated heterocycles. The van der Waals surface area contributed by atoms with E-state index in [0.717, 1.165) is 31.9 Å². The molecule has 0 radical (unpaired) electrons. The summed E-state index contributed by atoms with van der Waals surface area (Å²) in [6, 6.07) is 0.381. The van der Waals surface area contributed by atoms with Gasteiger partial charge in [-0.15, -0.1) is 0 Å². The highest BCUT2D eigenvalue weighted by molar-refractivity contribution is 6.31. The van der Waals surface area contributed by atoms with Gasteiger partial charge in [-0.25, -0.2) is 0 Å². The molecule has 0 bridgehead atoms. The minimum Gasteiger partial charge on any atom is -0.373 e. The van der Waals surface area contributed by atoms with Gasteiger partial charge in [-0.1, -0.05) is 11.6 Å². The average Bonchev–Trinajstić information content (AvgIpc) is 3.02. The van der Waals surface area contributed by atoms with Crippen LogP contribution in [0.3, 0.4) is 0 Å². The smallest absolute Gasteiger partial charge is 0.0910 e. The second-order valence-electron chi connectivity index (χ2n) is 5.38. The Morgan fingerprint density at radius 1 is 1.63 bits per heavy atom. The molecule has 3 heterocycles. The Labute approximate surface area is 118 Å². The SMILES string of the molecule is CCn1ncc(Cl)c1C(N)C1CN2CCCC2CO1. The molecule has 106 valence electrons. The summed E-state index contributed by atoms with van der Waals surface area (Å²) in [7, 11) is 0. The van der Waals surface area contributed by atoms with E-state index in [2.05, 4.69) is 10.00 Å². The zero-order chi connectivity index (χ0) is 13.4. The van der Waals surface area contributed by atoms with Crippen LogP contribution >= 0.6 is 11.6 Å². The molecule has 3 unspecified atom stereocenters. The Balaban J connectivity index is 1.76. The third-order valence-electron chi connectivity index (χ3n) is 4.27. The molecule has 3 rings (SSSR count). The Hall–Kier alpha value is -0.620. The van der Waals surface area contributed by atoms with Crippen molar-refractivity contribution in [3.63, 3.8) is 0 Å². The zero-order valence-electron chi connectivity index (χ0n) is 11.3. The Bertz CT molecular complexity index is 450. The number of hydrogen-bond acceptors (Lipinski definition) is 4. The maximum Gasteiger partial charge on any atom is 0.0910 e. The van der Waals surface area contributed by atoms with Crippen LogP contribution in [-0.2, 0) is 11.3 Å². The number of aromatic nitrogens is 2. The van der Waals surface area contributed by atoms with Crippen LogP contribution in [0.1, 0.15) is 31.5 Å². The molecule has 2 fully saturated rings. The summed E-state index contributed by atoms with van der Waals surface area (Å²) in [5.41, 5.74) is 7.27. The van der Waals surface area contributed by atoms with Crippen LogP contribution in [0.4, 0.5) is 0 Å². The van der Waals surface area contributed by atoms with Gasteiger partial charge in [0.2, 0.25) is 0 Å². The summed E-state index contributed by atoms with van der Waals surface area (Å²) in [6.07, 6.45) is 4.19. The number of rotatable bonds is 3. The van der Waals surface area contributed by atoms with E-state index in [9.17, 15) is 0 Å². The molecule has 2 aliphatic rings. The highest BCUT2D eigenvalue weighted by Gasteiger charge is 2.36. The molecule has 0 saturated carbocycles. The number of hydrogen-bond donors (Lipinski definition) is 1.